The van der Waals surface area contributed by atoms with Crippen molar-refractivity contribution in [2.75, 3.05) is 4.90 Å². The Labute approximate surface area is 296 Å². The first-order valence-electron chi connectivity index (χ1n) is 17.6. The van der Waals surface area contributed by atoms with Gasteiger partial charge in [-0.3, -0.25) is 4.90 Å². The number of benzene rings is 3. The van der Waals surface area contributed by atoms with Crippen LogP contribution in [0.2, 0.25) is 0 Å². The molecule has 2 aliphatic heterocycles. The van der Waals surface area contributed by atoms with Gasteiger partial charge in [-0.2, -0.15) is 0 Å². The highest BCUT2D eigenvalue weighted by Gasteiger charge is 2.67. The number of pyridine rings is 2. The Hall–Kier alpha value is -4.97. The fourth-order valence-electron chi connectivity index (χ4n) is 8.46. The molecule has 0 radical (unpaired) electrons. The number of aryl methyl sites for hydroxylation is 1. The summed E-state index contributed by atoms with van der Waals surface area (Å²) in [5.74, 6) is 2.68. The number of para-hydroxylation sites is 1. The van der Waals surface area contributed by atoms with Crippen molar-refractivity contribution >= 4 is 23.1 Å². The van der Waals surface area contributed by atoms with Gasteiger partial charge in [0.05, 0.1) is 11.4 Å². The van der Waals surface area contributed by atoms with Gasteiger partial charge >= 0.3 is 0 Å². The minimum atomic E-state index is -0.555. The van der Waals surface area contributed by atoms with E-state index in [1.165, 1.54) is 27.8 Å². The van der Waals surface area contributed by atoms with Crippen molar-refractivity contribution in [2.45, 2.75) is 96.6 Å². The molecule has 254 valence electrons. The van der Waals surface area contributed by atoms with Crippen LogP contribution in [-0.4, -0.2) is 21.5 Å². The number of fused-ring (bicyclic) bond motifs is 5. The van der Waals surface area contributed by atoms with Gasteiger partial charge in [-0.15, -0.1) is 0 Å². The van der Waals surface area contributed by atoms with Gasteiger partial charge < -0.3 is 9.47 Å². The number of rotatable bonds is 4. The third-order valence-electron chi connectivity index (χ3n) is 11.8. The van der Waals surface area contributed by atoms with E-state index in [0.29, 0.717) is 17.5 Å². The monoisotopic (exact) mass is 662 g/mol. The van der Waals surface area contributed by atoms with Gasteiger partial charge in [-0.25, -0.2) is 15.0 Å². The molecule has 6 heteroatoms. The largest absolute Gasteiger partial charge is 0.467 e. The summed E-state index contributed by atoms with van der Waals surface area (Å²) in [7, 11) is 0. The summed E-state index contributed by atoms with van der Waals surface area (Å²) in [5, 5.41) is 0. The average Bonchev–Trinajstić information content (AvgIpc) is 3.42. The van der Waals surface area contributed by atoms with Gasteiger partial charge in [-0.1, -0.05) is 97.0 Å². The van der Waals surface area contributed by atoms with Gasteiger partial charge in [0.25, 0.3) is 0 Å². The van der Waals surface area contributed by atoms with Gasteiger partial charge in [0.2, 0.25) is 11.8 Å². The molecule has 6 nitrogen and oxygen atoms in total. The summed E-state index contributed by atoms with van der Waals surface area (Å²) in [4.78, 5) is 17.3. The molecule has 2 atom stereocenters. The minimum absolute atomic E-state index is 0.0193. The smallest absolute Gasteiger partial charge is 0.220 e. The van der Waals surface area contributed by atoms with Crippen LogP contribution in [0.15, 0.2) is 102 Å². The second-order valence-corrected chi connectivity index (χ2v) is 16.5. The lowest BCUT2D eigenvalue weighted by Crippen LogP contribution is -2.51. The van der Waals surface area contributed by atoms with Crippen LogP contribution in [0.4, 0.5) is 17.2 Å². The molecule has 5 aromatic rings. The Kier molecular flexibility index (Phi) is 6.79. The lowest BCUT2D eigenvalue weighted by Gasteiger charge is -2.41. The maximum atomic E-state index is 6.90. The zero-order valence-corrected chi connectivity index (χ0v) is 30.8. The molecule has 1 aliphatic carbocycles. The molecule has 3 aliphatic rings. The standard InChI is InChI=1S/C44H46N4O2/c1-27-23-28(39-47-43(9)32-16-12-11-15-31(32)42(7,8)44(43,10)50-39)24-38(46-27)49-30-19-20-34-36(26-30)48(35-18-14-13-17-33(35)41(34,5)6)37-25-29(21-22-45-37)40(2,3)4/h11-26H,1-10H3/t43-,44+/m1/s1. The number of nitrogens with zero attached hydrogens (tertiary/aromatic N) is 4. The molecule has 0 fully saturated rings. The Balaban J connectivity index is 1.19. The number of aliphatic imine (C=N–C) groups is 1. The van der Waals surface area contributed by atoms with Crippen LogP contribution in [0.5, 0.6) is 11.6 Å². The van der Waals surface area contributed by atoms with E-state index < -0.39 is 11.1 Å². The van der Waals surface area contributed by atoms with E-state index in [-0.39, 0.29) is 16.2 Å². The molecule has 0 saturated carbocycles. The first kappa shape index (κ1) is 32.2. The van der Waals surface area contributed by atoms with Crippen molar-refractivity contribution in [3.63, 3.8) is 0 Å². The van der Waals surface area contributed by atoms with E-state index in [4.69, 9.17) is 24.4 Å². The number of anilines is 3. The van der Waals surface area contributed by atoms with E-state index in [2.05, 4.69) is 140 Å². The summed E-state index contributed by atoms with van der Waals surface area (Å²) in [6.45, 7) is 22.2. The molecule has 3 aromatic carbocycles. The topological polar surface area (TPSA) is 59.8 Å². The molecule has 4 heterocycles. The van der Waals surface area contributed by atoms with Crippen molar-refractivity contribution in [1.82, 2.24) is 9.97 Å². The molecular formula is C44H46N4O2. The third-order valence-corrected chi connectivity index (χ3v) is 11.8. The highest BCUT2D eigenvalue weighted by Crippen LogP contribution is 2.61. The number of hydrogen-bond acceptors (Lipinski definition) is 6. The zero-order chi connectivity index (χ0) is 35.4. The molecule has 0 unspecified atom stereocenters. The first-order valence-corrected chi connectivity index (χ1v) is 17.6. The van der Waals surface area contributed by atoms with Gasteiger partial charge in [0.1, 0.15) is 22.7 Å². The Bertz CT molecular complexity index is 2230. The van der Waals surface area contributed by atoms with Crippen LogP contribution in [0.3, 0.4) is 0 Å². The summed E-state index contributed by atoms with van der Waals surface area (Å²) < 4.78 is 13.5. The van der Waals surface area contributed by atoms with E-state index >= 15 is 0 Å². The van der Waals surface area contributed by atoms with Crippen LogP contribution in [-0.2, 0) is 26.5 Å². The maximum absolute atomic E-state index is 6.90. The van der Waals surface area contributed by atoms with Crippen molar-refractivity contribution in [1.29, 1.82) is 0 Å². The summed E-state index contributed by atoms with van der Waals surface area (Å²) in [6.07, 6.45) is 1.92. The molecule has 2 aromatic heterocycles. The van der Waals surface area contributed by atoms with Crippen LogP contribution in [0.1, 0.15) is 101 Å². The van der Waals surface area contributed by atoms with E-state index in [1.54, 1.807) is 0 Å². The lowest BCUT2D eigenvalue weighted by atomic mass is 9.71. The quantitative estimate of drug-likeness (QED) is 0.192. The van der Waals surface area contributed by atoms with Crippen LogP contribution >= 0.6 is 0 Å². The summed E-state index contributed by atoms with van der Waals surface area (Å²) in [6, 6.07) is 31.9. The lowest BCUT2D eigenvalue weighted by molar-refractivity contribution is -0.0136. The Morgan fingerprint density at radius 2 is 1.40 bits per heavy atom. The Morgan fingerprint density at radius 3 is 2.14 bits per heavy atom. The molecular weight excluding hydrogens is 617 g/mol. The average molecular weight is 663 g/mol. The molecule has 0 saturated heterocycles. The van der Waals surface area contributed by atoms with Gasteiger partial charge in [0, 0.05) is 40.4 Å². The van der Waals surface area contributed by atoms with E-state index in [0.717, 1.165) is 28.5 Å². The van der Waals surface area contributed by atoms with Crippen molar-refractivity contribution < 1.29 is 9.47 Å². The van der Waals surface area contributed by atoms with Crippen molar-refractivity contribution in [3.05, 3.63) is 136 Å². The summed E-state index contributed by atoms with van der Waals surface area (Å²) in [5.41, 5.74) is 8.46. The van der Waals surface area contributed by atoms with Gasteiger partial charge in [-0.05, 0) is 84.3 Å². The zero-order valence-electron chi connectivity index (χ0n) is 30.8. The highest BCUT2D eigenvalue weighted by molar-refractivity contribution is 5.97. The van der Waals surface area contributed by atoms with Crippen molar-refractivity contribution in [2.24, 2.45) is 4.99 Å². The SMILES string of the molecule is Cc1cc(C2=N[C@]3(C)c4ccccc4C(C)(C)[C@]3(C)O2)cc(Oc2ccc3c(c2)N(c2cc(C(C)(C)C)ccn2)c2ccccc2C3(C)C)n1. The van der Waals surface area contributed by atoms with E-state index in [1.807, 2.05) is 31.3 Å². The fraction of sp³-hybridized carbons (Fsp3) is 0.341. The minimum Gasteiger partial charge on any atom is -0.467 e. The predicted molar refractivity (Wildman–Crippen MR) is 202 cm³/mol. The van der Waals surface area contributed by atoms with Crippen LogP contribution < -0.4 is 9.64 Å². The molecule has 0 N–H and O–H groups in total. The third kappa shape index (κ3) is 4.50. The van der Waals surface area contributed by atoms with E-state index in [9.17, 15) is 0 Å². The fourth-order valence-corrected chi connectivity index (χ4v) is 8.46. The molecule has 0 spiro atoms. The highest BCUT2D eigenvalue weighted by atomic mass is 16.5. The van der Waals surface area contributed by atoms with Crippen molar-refractivity contribution in [3.8, 4) is 11.6 Å². The summed E-state index contributed by atoms with van der Waals surface area (Å²) >= 11 is 0. The van der Waals surface area contributed by atoms with Crippen LogP contribution in [0, 0.1) is 6.92 Å². The van der Waals surface area contributed by atoms with Gasteiger partial charge in [0.15, 0.2) is 0 Å². The molecule has 0 amide bonds. The number of hydrogen-bond donors (Lipinski definition) is 0. The molecule has 50 heavy (non-hydrogen) atoms. The first-order chi connectivity index (χ1) is 23.5. The number of ether oxygens (including phenoxy) is 2. The maximum Gasteiger partial charge on any atom is 0.220 e. The Morgan fingerprint density at radius 1 is 0.720 bits per heavy atom. The normalized spacial score (nSPS) is 22.5. The number of aromatic nitrogens is 2. The van der Waals surface area contributed by atoms with Crippen LogP contribution in [0.25, 0.3) is 0 Å². The second-order valence-electron chi connectivity index (χ2n) is 16.5. The molecule has 8 rings (SSSR count). The molecule has 0 bridgehead atoms. The predicted octanol–water partition coefficient (Wildman–Crippen LogP) is 10.7. The second kappa shape index (κ2) is 10.5.